The van der Waals surface area contributed by atoms with E-state index in [1.807, 2.05) is 6.07 Å². The number of carbonyl (C=O) groups is 2. The van der Waals surface area contributed by atoms with Gasteiger partial charge in [-0.15, -0.1) is 0 Å². The fraction of sp³-hybridized carbons (Fsp3) is 0.333. The zero-order valence-corrected chi connectivity index (χ0v) is 14.8. The Morgan fingerprint density at radius 2 is 2.22 bits per heavy atom. The maximum absolute atomic E-state index is 12.3. The first-order chi connectivity index (χ1) is 13.2. The molecule has 1 fully saturated rings. The van der Waals surface area contributed by atoms with Gasteiger partial charge < -0.3 is 25.4 Å². The van der Waals surface area contributed by atoms with Crippen molar-refractivity contribution in [1.82, 2.24) is 20.2 Å². The number of hydrogen-bond acceptors (Lipinski definition) is 7. The van der Waals surface area contributed by atoms with E-state index in [1.165, 1.54) is 6.33 Å². The van der Waals surface area contributed by atoms with Crippen LogP contribution in [0.15, 0.2) is 36.7 Å². The summed E-state index contributed by atoms with van der Waals surface area (Å²) in [5, 5.41) is 2.80. The molecule has 27 heavy (non-hydrogen) atoms. The molecular weight excluding hydrogens is 350 g/mol. The Hall–Kier alpha value is -3.20. The van der Waals surface area contributed by atoms with Crippen molar-refractivity contribution < 1.29 is 19.1 Å². The summed E-state index contributed by atoms with van der Waals surface area (Å²) in [5.74, 6) is 0.217. The van der Waals surface area contributed by atoms with Gasteiger partial charge in [-0.25, -0.2) is 14.8 Å². The van der Waals surface area contributed by atoms with Gasteiger partial charge >= 0.3 is 6.09 Å². The summed E-state index contributed by atoms with van der Waals surface area (Å²) in [4.78, 5) is 33.2. The summed E-state index contributed by atoms with van der Waals surface area (Å²) in [7, 11) is 0. The summed E-state index contributed by atoms with van der Waals surface area (Å²) in [6, 6.07) is 8.81. The van der Waals surface area contributed by atoms with E-state index in [0.29, 0.717) is 49.9 Å². The highest BCUT2D eigenvalue weighted by molar-refractivity contribution is 5.94. The fourth-order valence-electron chi connectivity index (χ4n) is 2.56. The molecule has 0 bridgehead atoms. The summed E-state index contributed by atoms with van der Waals surface area (Å²) < 4.78 is 10.5. The molecule has 1 aliphatic rings. The SMILES string of the molecule is NCc1cc(OCc2cccc(C(=O)NCCN3CCOC3=O)c2)ncn1. The van der Waals surface area contributed by atoms with E-state index in [1.54, 1.807) is 29.2 Å². The van der Waals surface area contributed by atoms with Gasteiger partial charge in [-0.1, -0.05) is 12.1 Å². The van der Waals surface area contributed by atoms with Crippen LogP contribution in [0.1, 0.15) is 21.6 Å². The van der Waals surface area contributed by atoms with Gasteiger partial charge in [0.15, 0.2) is 0 Å². The van der Waals surface area contributed by atoms with Crippen LogP contribution >= 0.6 is 0 Å². The zero-order valence-electron chi connectivity index (χ0n) is 14.8. The van der Waals surface area contributed by atoms with E-state index in [2.05, 4.69) is 15.3 Å². The van der Waals surface area contributed by atoms with Gasteiger partial charge in [0.05, 0.1) is 12.2 Å². The molecule has 0 spiro atoms. The van der Waals surface area contributed by atoms with Crippen molar-refractivity contribution >= 4 is 12.0 Å². The van der Waals surface area contributed by atoms with Gasteiger partial charge in [-0.05, 0) is 17.7 Å². The van der Waals surface area contributed by atoms with Crippen LogP contribution in [0.5, 0.6) is 5.88 Å². The lowest BCUT2D eigenvalue weighted by molar-refractivity contribution is 0.0948. The second kappa shape index (κ2) is 8.95. The molecule has 0 unspecified atom stereocenters. The third kappa shape index (κ3) is 5.14. The maximum Gasteiger partial charge on any atom is 0.409 e. The average molecular weight is 371 g/mol. The first-order valence-electron chi connectivity index (χ1n) is 8.58. The predicted octanol–water partition coefficient (Wildman–Crippen LogP) is 0.696. The quantitative estimate of drug-likeness (QED) is 0.701. The van der Waals surface area contributed by atoms with E-state index in [4.69, 9.17) is 15.2 Å². The van der Waals surface area contributed by atoms with E-state index in [0.717, 1.165) is 5.56 Å². The van der Waals surface area contributed by atoms with Crippen molar-refractivity contribution in [3.63, 3.8) is 0 Å². The lowest BCUT2D eigenvalue weighted by Gasteiger charge is -2.13. The molecule has 3 rings (SSSR count). The van der Waals surface area contributed by atoms with Crippen molar-refractivity contribution in [2.45, 2.75) is 13.2 Å². The minimum Gasteiger partial charge on any atom is -0.473 e. The summed E-state index contributed by atoms with van der Waals surface area (Å²) >= 11 is 0. The molecule has 0 atom stereocenters. The Kier molecular flexibility index (Phi) is 6.16. The molecule has 2 heterocycles. The number of nitrogens with two attached hydrogens (primary N) is 1. The van der Waals surface area contributed by atoms with Crippen molar-refractivity contribution in [3.8, 4) is 5.88 Å². The molecule has 2 amide bonds. The van der Waals surface area contributed by atoms with Crippen LogP contribution in [0.2, 0.25) is 0 Å². The number of benzene rings is 1. The monoisotopic (exact) mass is 371 g/mol. The smallest absolute Gasteiger partial charge is 0.409 e. The molecular formula is C18H21N5O4. The molecule has 1 aliphatic heterocycles. The molecule has 142 valence electrons. The Balaban J connectivity index is 1.51. The van der Waals surface area contributed by atoms with Gasteiger partial charge in [-0.2, -0.15) is 0 Å². The molecule has 9 nitrogen and oxygen atoms in total. The molecule has 1 saturated heterocycles. The number of cyclic esters (lactones) is 1. The number of amides is 2. The Bertz CT molecular complexity index is 814. The minimum absolute atomic E-state index is 0.211. The number of nitrogens with one attached hydrogen (secondary N) is 1. The van der Waals surface area contributed by atoms with E-state index in [9.17, 15) is 9.59 Å². The molecule has 1 aromatic heterocycles. The topological polar surface area (TPSA) is 120 Å². The summed E-state index contributed by atoms with van der Waals surface area (Å²) in [5.41, 5.74) is 7.59. The standard InChI is InChI=1S/C18H21N5O4/c19-10-15-9-16(22-12-21-15)27-11-13-2-1-3-14(8-13)17(24)20-4-5-23-6-7-26-18(23)25/h1-3,8-9,12H,4-7,10-11,19H2,(H,20,24). The predicted molar refractivity (Wildman–Crippen MR) is 96.0 cm³/mol. The lowest BCUT2D eigenvalue weighted by atomic mass is 10.1. The second-order valence-electron chi connectivity index (χ2n) is 5.90. The normalized spacial score (nSPS) is 13.4. The van der Waals surface area contributed by atoms with E-state index < -0.39 is 0 Å². The van der Waals surface area contributed by atoms with Crippen LogP contribution in [-0.4, -0.2) is 53.1 Å². The van der Waals surface area contributed by atoms with Gasteiger partial charge in [0, 0.05) is 31.3 Å². The van der Waals surface area contributed by atoms with Crippen molar-refractivity contribution in [2.24, 2.45) is 5.73 Å². The van der Waals surface area contributed by atoms with Crippen LogP contribution in [0.25, 0.3) is 0 Å². The van der Waals surface area contributed by atoms with Crippen molar-refractivity contribution in [3.05, 3.63) is 53.5 Å². The first kappa shape index (κ1) is 18.6. The third-order valence-corrected chi connectivity index (χ3v) is 4.00. The lowest BCUT2D eigenvalue weighted by Crippen LogP contribution is -2.35. The number of carbonyl (C=O) groups excluding carboxylic acids is 2. The molecule has 1 aromatic carbocycles. The maximum atomic E-state index is 12.3. The third-order valence-electron chi connectivity index (χ3n) is 4.00. The second-order valence-corrected chi connectivity index (χ2v) is 5.90. The fourth-order valence-corrected chi connectivity index (χ4v) is 2.56. The van der Waals surface area contributed by atoms with Crippen LogP contribution in [0.3, 0.4) is 0 Å². The number of rotatable bonds is 8. The Morgan fingerprint density at radius 1 is 1.33 bits per heavy atom. The zero-order chi connectivity index (χ0) is 19.1. The molecule has 3 N–H and O–H groups in total. The molecule has 9 heteroatoms. The summed E-state index contributed by atoms with van der Waals surface area (Å²) in [6.45, 7) is 2.30. The molecule has 0 saturated carbocycles. The highest BCUT2D eigenvalue weighted by atomic mass is 16.6. The number of ether oxygens (including phenoxy) is 2. The number of nitrogens with zero attached hydrogens (tertiary/aromatic N) is 3. The van der Waals surface area contributed by atoms with Crippen LogP contribution < -0.4 is 15.8 Å². The van der Waals surface area contributed by atoms with Gasteiger partial charge in [0.1, 0.15) is 19.5 Å². The largest absolute Gasteiger partial charge is 0.473 e. The van der Waals surface area contributed by atoms with Crippen molar-refractivity contribution in [1.29, 1.82) is 0 Å². The Morgan fingerprint density at radius 3 is 3.00 bits per heavy atom. The minimum atomic E-state index is -0.342. The highest BCUT2D eigenvalue weighted by Crippen LogP contribution is 2.11. The van der Waals surface area contributed by atoms with Crippen LogP contribution in [0, 0.1) is 0 Å². The Labute approximate surface area is 156 Å². The van der Waals surface area contributed by atoms with Gasteiger partial charge in [0.2, 0.25) is 5.88 Å². The van der Waals surface area contributed by atoms with E-state index >= 15 is 0 Å². The molecule has 0 radical (unpaired) electrons. The van der Waals surface area contributed by atoms with Crippen LogP contribution in [0.4, 0.5) is 4.79 Å². The first-order valence-corrected chi connectivity index (χ1v) is 8.58. The molecule has 2 aromatic rings. The highest BCUT2D eigenvalue weighted by Gasteiger charge is 2.21. The van der Waals surface area contributed by atoms with Gasteiger partial charge in [-0.3, -0.25) is 4.79 Å². The number of aromatic nitrogens is 2. The van der Waals surface area contributed by atoms with Gasteiger partial charge in [0.25, 0.3) is 5.91 Å². The van der Waals surface area contributed by atoms with Crippen molar-refractivity contribution in [2.75, 3.05) is 26.2 Å². The summed E-state index contributed by atoms with van der Waals surface area (Å²) in [6.07, 6.45) is 1.06. The number of hydrogen-bond donors (Lipinski definition) is 2. The van der Waals surface area contributed by atoms with Crippen LogP contribution in [-0.2, 0) is 17.9 Å². The molecule has 0 aliphatic carbocycles. The van der Waals surface area contributed by atoms with E-state index in [-0.39, 0.29) is 18.6 Å². The average Bonchev–Trinajstić information content (AvgIpc) is 3.11.